The minimum Gasteiger partial charge on any atom is -0.378 e. The standard InChI is InChI=1S/C9H20N2O4/c1-11-9(12)8-15-7-6-14-5-4-13-3-2-10/h2-8,10H2,1H3,(H,11,12). The van der Waals surface area contributed by atoms with E-state index in [1.807, 2.05) is 0 Å². The summed E-state index contributed by atoms with van der Waals surface area (Å²) in [5.41, 5.74) is 5.23. The summed E-state index contributed by atoms with van der Waals surface area (Å²) in [5.74, 6) is -0.138. The third-order valence-corrected chi connectivity index (χ3v) is 1.52. The molecule has 0 saturated carbocycles. The molecule has 0 aliphatic heterocycles. The Morgan fingerprint density at radius 2 is 1.60 bits per heavy atom. The molecule has 0 unspecified atom stereocenters. The first-order valence-electron chi connectivity index (χ1n) is 4.95. The summed E-state index contributed by atoms with van der Waals surface area (Å²) in [6.45, 7) is 3.07. The van der Waals surface area contributed by atoms with E-state index in [1.165, 1.54) is 0 Å². The van der Waals surface area contributed by atoms with Gasteiger partial charge in [-0.3, -0.25) is 4.79 Å². The molecule has 1 amide bonds. The fourth-order valence-corrected chi connectivity index (χ4v) is 0.760. The number of ether oxygens (including phenoxy) is 3. The third kappa shape index (κ3) is 11.2. The van der Waals surface area contributed by atoms with Gasteiger partial charge in [0, 0.05) is 13.6 Å². The number of likely N-dealkylation sites (N-methyl/N-ethyl adjacent to an activating group) is 1. The number of nitrogens with one attached hydrogen (secondary N) is 1. The van der Waals surface area contributed by atoms with Gasteiger partial charge in [-0.15, -0.1) is 0 Å². The van der Waals surface area contributed by atoms with Crippen LogP contribution in [0, 0.1) is 0 Å². The van der Waals surface area contributed by atoms with Gasteiger partial charge in [-0.25, -0.2) is 0 Å². The van der Waals surface area contributed by atoms with Crippen molar-refractivity contribution in [3.8, 4) is 0 Å². The van der Waals surface area contributed by atoms with Crippen LogP contribution in [0.25, 0.3) is 0 Å². The fourth-order valence-electron chi connectivity index (χ4n) is 0.760. The van der Waals surface area contributed by atoms with Crippen molar-refractivity contribution in [2.24, 2.45) is 5.73 Å². The summed E-state index contributed by atoms with van der Waals surface area (Å²) in [6, 6.07) is 0. The normalized spacial score (nSPS) is 10.3. The first kappa shape index (κ1) is 14.3. The van der Waals surface area contributed by atoms with Crippen LogP contribution in [0.1, 0.15) is 0 Å². The lowest BCUT2D eigenvalue weighted by atomic mass is 10.6. The van der Waals surface area contributed by atoms with Gasteiger partial charge in [0.1, 0.15) is 6.61 Å². The van der Waals surface area contributed by atoms with Crippen LogP contribution in [0.2, 0.25) is 0 Å². The summed E-state index contributed by atoms with van der Waals surface area (Å²) in [4.78, 5) is 10.7. The number of hydrogen-bond donors (Lipinski definition) is 2. The number of nitrogens with two attached hydrogens (primary N) is 1. The van der Waals surface area contributed by atoms with Crippen LogP contribution < -0.4 is 11.1 Å². The Bertz CT molecular complexity index is 155. The van der Waals surface area contributed by atoms with Gasteiger partial charge in [-0.1, -0.05) is 0 Å². The molecule has 6 heteroatoms. The second kappa shape index (κ2) is 11.4. The Kier molecular flexibility index (Phi) is 10.9. The SMILES string of the molecule is CNC(=O)COCCOCCOCCN. The van der Waals surface area contributed by atoms with Crippen molar-refractivity contribution >= 4 is 5.91 Å². The minimum atomic E-state index is -0.138. The number of hydrogen-bond acceptors (Lipinski definition) is 5. The maximum absolute atomic E-state index is 10.7. The molecule has 0 spiro atoms. The van der Waals surface area contributed by atoms with Gasteiger partial charge in [0.25, 0.3) is 0 Å². The van der Waals surface area contributed by atoms with Crippen molar-refractivity contribution in [2.75, 3.05) is 53.2 Å². The molecule has 6 nitrogen and oxygen atoms in total. The van der Waals surface area contributed by atoms with Crippen LogP contribution in [-0.4, -0.2) is 59.1 Å². The minimum absolute atomic E-state index is 0.0729. The number of amides is 1. The molecule has 0 heterocycles. The molecule has 0 atom stereocenters. The molecule has 0 fully saturated rings. The lowest BCUT2D eigenvalue weighted by Crippen LogP contribution is -2.24. The molecule has 3 N–H and O–H groups in total. The molecule has 0 aliphatic rings. The monoisotopic (exact) mass is 220 g/mol. The van der Waals surface area contributed by atoms with E-state index in [9.17, 15) is 4.79 Å². The van der Waals surface area contributed by atoms with Crippen molar-refractivity contribution in [2.45, 2.75) is 0 Å². The molecule has 0 saturated heterocycles. The van der Waals surface area contributed by atoms with Crippen LogP contribution in [0.4, 0.5) is 0 Å². The van der Waals surface area contributed by atoms with E-state index in [2.05, 4.69) is 5.32 Å². The zero-order valence-corrected chi connectivity index (χ0v) is 9.16. The average Bonchev–Trinajstić information content (AvgIpc) is 2.26. The second-order valence-corrected chi connectivity index (χ2v) is 2.74. The molecule has 0 aromatic carbocycles. The predicted molar refractivity (Wildman–Crippen MR) is 55.6 cm³/mol. The van der Waals surface area contributed by atoms with E-state index in [0.717, 1.165) is 0 Å². The lowest BCUT2D eigenvalue weighted by Gasteiger charge is -2.05. The van der Waals surface area contributed by atoms with Crippen LogP contribution in [0.3, 0.4) is 0 Å². The molecule has 0 aromatic heterocycles. The van der Waals surface area contributed by atoms with Gasteiger partial charge in [0.05, 0.1) is 33.0 Å². The highest BCUT2D eigenvalue weighted by atomic mass is 16.5. The summed E-state index contributed by atoms with van der Waals surface area (Å²) in [7, 11) is 1.57. The number of carbonyl (C=O) groups is 1. The van der Waals surface area contributed by atoms with Crippen molar-refractivity contribution in [3.63, 3.8) is 0 Å². The van der Waals surface area contributed by atoms with Crippen molar-refractivity contribution in [1.82, 2.24) is 5.32 Å². The quantitative estimate of drug-likeness (QED) is 0.449. The first-order valence-corrected chi connectivity index (χ1v) is 4.95. The molecular weight excluding hydrogens is 200 g/mol. The Morgan fingerprint density at radius 1 is 1.07 bits per heavy atom. The van der Waals surface area contributed by atoms with E-state index in [4.69, 9.17) is 19.9 Å². The van der Waals surface area contributed by atoms with Gasteiger partial charge in [0.2, 0.25) is 5.91 Å². The van der Waals surface area contributed by atoms with E-state index in [0.29, 0.717) is 39.6 Å². The summed E-state index contributed by atoms with van der Waals surface area (Å²) < 4.78 is 15.3. The molecule has 0 rings (SSSR count). The lowest BCUT2D eigenvalue weighted by molar-refractivity contribution is -0.125. The van der Waals surface area contributed by atoms with Gasteiger partial charge >= 0.3 is 0 Å². The zero-order chi connectivity index (χ0) is 11.4. The van der Waals surface area contributed by atoms with Crippen LogP contribution in [0.15, 0.2) is 0 Å². The zero-order valence-electron chi connectivity index (χ0n) is 9.16. The average molecular weight is 220 g/mol. The van der Waals surface area contributed by atoms with E-state index in [-0.39, 0.29) is 12.5 Å². The maximum atomic E-state index is 10.7. The molecule has 0 bridgehead atoms. The summed E-state index contributed by atoms with van der Waals surface area (Å²) >= 11 is 0. The highest BCUT2D eigenvalue weighted by Crippen LogP contribution is 1.80. The van der Waals surface area contributed by atoms with Gasteiger partial charge in [-0.05, 0) is 0 Å². The molecule has 15 heavy (non-hydrogen) atoms. The fraction of sp³-hybridized carbons (Fsp3) is 0.889. The predicted octanol–water partition coefficient (Wildman–Crippen LogP) is -1.26. The summed E-state index contributed by atoms with van der Waals surface area (Å²) in [6.07, 6.45) is 0. The summed E-state index contributed by atoms with van der Waals surface area (Å²) in [5, 5.41) is 2.45. The molecule has 0 aromatic rings. The van der Waals surface area contributed by atoms with Gasteiger partial charge in [-0.2, -0.15) is 0 Å². The topological polar surface area (TPSA) is 82.8 Å². The Labute approximate surface area is 90.1 Å². The molecular formula is C9H20N2O4. The highest BCUT2D eigenvalue weighted by molar-refractivity contribution is 5.76. The van der Waals surface area contributed by atoms with E-state index in [1.54, 1.807) is 7.05 Å². The second-order valence-electron chi connectivity index (χ2n) is 2.74. The van der Waals surface area contributed by atoms with Crippen LogP contribution >= 0.6 is 0 Å². The van der Waals surface area contributed by atoms with Crippen LogP contribution in [-0.2, 0) is 19.0 Å². The van der Waals surface area contributed by atoms with Crippen molar-refractivity contribution in [1.29, 1.82) is 0 Å². The van der Waals surface area contributed by atoms with E-state index >= 15 is 0 Å². The highest BCUT2D eigenvalue weighted by Gasteiger charge is 1.96. The first-order chi connectivity index (χ1) is 7.31. The van der Waals surface area contributed by atoms with Crippen LogP contribution in [0.5, 0.6) is 0 Å². The van der Waals surface area contributed by atoms with Gasteiger partial charge < -0.3 is 25.3 Å². The molecule has 90 valence electrons. The van der Waals surface area contributed by atoms with Crippen molar-refractivity contribution < 1.29 is 19.0 Å². The number of carbonyl (C=O) groups excluding carboxylic acids is 1. The van der Waals surface area contributed by atoms with E-state index < -0.39 is 0 Å². The molecule has 0 radical (unpaired) electrons. The third-order valence-electron chi connectivity index (χ3n) is 1.52. The molecule has 0 aliphatic carbocycles. The smallest absolute Gasteiger partial charge is 0.245 e. The van der Waals surface area contributed by atoms with Gasteiger partial charge in [0.15, 0.2) is 0 Å². The van der Waals surface area contributed by atoms with Crippen molar-refractivity contribution in [3.05, 3.63) is 0 Å². The maximum Gasteiger partial charge on any atom is 0.245 e. The Balaban J connectivity index is 2.95. The Hall–Kier alpha value is -0.690. The Morgan fingerprint density at radius 3 is 2.13 bits per heavy atom. The largest absolute Gasteiger partial charge is 0.378 e. The number of rotatable bonds is 10.